The lowest BCUT2D eigenvalue weighted by molar-refractivity contribution is -0.218. The molecular formula is C13H20N2O5. The molecule has 0 radical (unpaired) electrons. The van der Waals surface area contributed by atoms with E-state index in [4.69, 9.17) is 17.0 Å². The normalized spacial score (nSPS) is 44.9. The fraction of sp³-hybridized carbons (Fsp3) is 0.769. The van der Waals surface area contributed by atoms with Gasteiger partial charge in [0.1, 0.15) is 17.8 Å². The van der Waals surface area contributed by atoms with Crippen LogP contribution in [0.4, 0.5) is 4.79 Å². The number of rotatable bonds is 2. The standard InChI is InChI=1S/C13H20N2O5/c1-12(2)19-9-8(7-16)18-10(13(9,3)20-12)15-6-4-5-14-11(15)17/h4,6,8-10,16H,5,7H2,1-3H3,(H,14,17)/t8-,9-,10?,13-/m1/s1/i7D2. The highest BCUT2D eigenvalue weighted by Crippen LogP contribution is 2.47. The Kier molecular flexibility index (Phi) is 2.54. The van der Waals surface area contributed by atoms with Crippen LogP contribution in [0, 0.1) is 0 Å². The SMILES string of the molecule is [2H]C([2H])(O)[C@H]1OC(N2C=CCNC2=O)[C@]2(C)OC(C)(C)O[C@H]12. The zero-order chi connectivity index (χ0) is 16.3. The Bertz CT molecular complexity index is 521. The first-order valence-electron chi connectivity index (χ1n) is 7.53. The van der Waals surface area contributed by atoms with Gasteiger partial charge in [-0.3, -0.25) is 4.90 Å². The van der Waals surface area contributed by atoms with Gasteiger partial charge in [-0.05, 0) is 26.8 Å². The van der Waals surface area contributed by atoms with Crippen LogP contribution in [-0.4, -0.2) is 59.0 Å². The van der Waals surface area contributed by atoms with Crippen molar-refractivity contribution in [3.8, 4) is 0 Å². The highest BCUT2D eigenvalue weighted by Gasteiger charge is 2.65. The number of ether oxygens (including phenoxy) is 3. The lowest BCUT2D eigenvalue weighted by Crippen LogP contribution is -2.56. The summed E-state index contributed by atoms with van der Waals surface area (Å²) in [7, 11) is 0. The molecular weight excluding hydrogens is 264 g/mol. The molecule has 20 heavy (non-hydrogen) atoms. The Morgan fingerprint density at radius 2 is 2.35 bits per heavy atom. The summed E-state index contributed by atoms with van der Waals surface area (Å²) < 4.78 is 32.4. The van der Waals surface area contributed by atoms with Crippen molar-refractivity contribution in [2.45, 2.75) is 50.6 Å². The third kappa shape index (κ3) is 1.93. The van der Waals surface area contributed by atoms with E-state index in [9.17, 15) is 9.90 Å². The first kappa shape index (κ1) is 11.5. The number of urea groups is 1. The summed E-state index contributed by atoms with van der Waals surface area (Å²) in [5.74, 6) is -0.971. The molecule has 0 saturated carbocycles. The van der Waals surface area contributed by atoms with Gasteiger partial charge < -0.3 is 24.6 Å². The molecule has 2 amide bonds. The lowest BCUT2D eigenvalue weighted by Gasteiger charge is -2.36. The molecule has 1 unspecified atom stereocenters. The van der Waals surface area contributed by atoms with E-state index in [1.807, 2.05) is 0 Å². The Morgan fingerprint density at radius 3 is 3.00 bits per heavy atom. The molecule has 7 nitrogen and oxygen atoms in total. The molecule has 2 fully saturated rings. The smallest absolute Gasteiger partial charge is 0.323 e. The fourth-order valence-corrected chi connectivity index (χ4v) is 3.03. The van der Waals surface area contributed by atoms with E-state index in [-0.39, 0.29) is 6.03 Å². The van der Waals surface area contributed by atoms with Crippen LogP contribution in [0.15, 0.2) is 12.3 Å². The van der Waals surface area contributed by atoms with E-state index in [2.05, 4.69) is 5.32 Å². The average Bonchev–Trinajstić information content (AvgIpc) is 2.75. The average molecular weight is 286 g/mol. The van der Waals surface area contributed by atoms with Crippen molar-refractivity contribution in [3.63, 3.8) is 0 Å². The third-order valence-electron chi connectivity index (χ3n) is 3.73. The quantitative estimate of drug-likeness (QED) is 0.755. The molecule has 3 heterocycles. The van der Waals surface area contributed by atoms with Crippen molar-refractivity contribution in [3.05, 3.63) is 12.3 Å². The van der Waals surface area contributed by atoms with Crippen molar-refractivity contribution in [2.75, 3.05) is 13.1 Å². The molecule has 0 spiro atoms. The number of amides is 2. The summed E-state index contributed by atoms with van der Waals surface area (Å²) in [5, 5.41) is 12.4. The predicted octanol–water partition coefficient (Wildman–Crippen LogP) is 0.153. The summed E-state index contributed by atoms with van der Waals surface area (Å²) in [6.07, 6.45) is 0.270. The van der Waals surface area contributed by atoms with Crippen LogP contribution in [0.2, 0.25) is 0 Å². The van der Waals surface area contributed by atoms with Gasteiger partial charge in [0.25, 0.3) is 0 Å². The minimum absolute atomic E-state index is 0.375. The number of hydrogen-bond acceptors (Lipinski definition) is 5. The predicted molar refractivity (Wildman–Crippen MR) is 68.6 cm³/mol. The maximum atomic E-state index is 12.1. The van der Waals surface area contributed by atoms with E-state index in [0.717, 1.165) is 0 Å². The van der Waals surface area contributed by atoms with E-state index < -0.39 is 36.4 Å². The summed E-state index contributed by atoms with van der Waals surface area (Å²) in [6.45, 7) is 2.88. The van der Waals surface area contributed by atoms with Crippen LogP contribution in [0.25, 0.3) is 0 Å². The largest absolute Gasteiger partial charge is 0.394 e. The minimum atomic E-state index is -2.62. The van der Waals surface area contributed by atoms with Gasteiger partial charge in [0, 0.05) is 12.7 Å². The molecule has 0 aromatic heterocycles. The zero-order valence-electron chi connectivity index (χ0n) is 13.6. The fourth-order valence-electron chi connectivity index (χ4n) is 3.03. The highest BCUT2D eigenvalue weighted by atomic mass is 16.8. The zero-order valence-corrected chi connectivity index (χ0v) is 11.6. The number of fused-ring (bicyclic) bond motifs is 1. The Hall–Kier alpha value is -1.15. The molecule has 7 heteroatoms. The molecule has 3 aliphatic rings. The maximum Gasteiger partial charge on any atom is 0.323 e. The first-order valence-corrected chi connectivity index (χ1v) is 6.53. The Balaban J connectivity index is 1.99. The van der Waals surface area contributed by atoms with Crippen LogP contribution >= 0.6 is 0 Å². The maximum absolute atomic E-state index is 12.1. The topological polar surface area (TPSA) is 80.3 Å². The van der Waals surface area contributed by atoms with Gasteiger partial charge in [0.05, 0.1) is 9.30 Å². The summed E-state index contributed by atoms with van der Waals surface area (Å²) in [4.78, 5) is 13.4. The number of hydrogen-bond donors (Lipinski definition) is 2. The van der Waals surface area contributed by atoms with Crippen LogP contribution in [0.3, 0.4) is 0 Å². The molecule has 3 rings (SSSR count). The van der Waals surface area contributed by atoms with E-state index in [1.165, 1.54) is 4.90 Å². The van der Waals surface area contributed by atoms with Gasteiger partial charge in [-0.2, -0.15) is 0 Å². The van der Waals surface area contributed by atoms with Crippen molar-refractivity contribution in [1.82, 2.24) is 10.2 Å². The second-order valence-corrected chi connectivity index (χ2v) is 5.74. The van der Waals surface area contributed by atoms with Crippen LogP contribution in [0.5, 0.6) is 0 Å². The molecule has 0 aromatic carbocycles. The highest BCUT2D eigenvalue weighted by molar-refractivity contribution is 5.77. The van der Waals surface area contributed by atoms with Crippen LogP contribution in [-0.2, 0) is 14.2 Å². The van der Waals surface area contributed by atoms with Crippen molar-refractivity contribution >= 4 is 6.03 Å². The summed E-state index contributed by atoms with van der Waals surface area (Å²) >= 11 is 0. The van der Waals surface area contributed by atoms with Gasteiger partial charge in [0.15, 0.2) is 12.0 Å². The van der Waals surface area contributed by atoms with Gasteiger partial charge >= 0.3 is 6.03 Å². The van der Waals surface area contributed by atoms with Crippen LogP contribution < -0.4 is 5.32 Å². The number of aliphatic hydroxyl groups is 1. The van der Waals surface area contributed by atoms with E-state index in [0.29, 0.717) is 6.54 Å². The first-order chi connectivity index (χ1) is 10.0. The third-order valence-corrected chi connectivity index (χ3v) is 3.73. The number of nitrogens with zero attached hydrogens (tertiary/aromatic N) is 1. The summed E-state index contributed by atoms with van der Waals surface area (Å²) in [6, 6.07) is -0.375. The van der Waals surface area contributed by atoms with Gasteiger partial charge in [-0.25, -0.2) is 4.79 Å². The lowest BCUT2D eigenvalue weighted by atomic mass is 9.96. The molecule has 112 valence electrons. The van der Waals surface area contributed by atoms with Crippen molar-refractivity contribution < 1.29 is 26.9 Å². The number of carbonyl (C=O) groups excluding carboxylic acids is 1. The second kappa shape index (κ2) is 4.42. The Labute approximate surface area is 120 Å². The summed E-state index contributed by atoms with van der Waals surface area (Å²) in [5.41, 5.74) is -1.11. The molecule has 0 aliphatic carbocycles. The Morgan fingerprint density at radius 1 is 1.60 bits per heavy atom. The number of nitrogens with one attached hydrogen (secondary N) is 1. The number of carbonyl (C=O) groups is 1. The van der Waals surface area contributed by atoms with E-state index >= 15 is 0 Å². The minimum Gasteiger partial charge on any atom is -0.394 e. The monoisotopic (exact) mass is 286 g/mol. The molecule has 3 aliphatic heterocycles. The van der Waals surface area contributed by atoms with Crippen LogP contribution in [0.1, 0.15) is 23.5 Å². The van der Waals surface area contributed by atoms with E-state index in [1.54, 1.807) is 33.0 Å². The molecule has 2 N–H and O–H groups in total. The van der Waals surface area contributed by atoms with Crippen molar-refractivity contribution in [1.29, 1.82) is 0 Å². The molecule has 2 saturated heterocycles. The van der Waals surface area contributed by atoms with Gasteiger partial charge in [-0.1, -0.05) is 0 Å². The second-order valence-electron chi connectivity index (χ2n) is 5.74. The van der Waals surface area contributed by atoms with Gasteiger partial charge in [-0.15, -0.1) is 0 Å². The van der Waals surface area contributed by atoms with Gasteiger partial charge in [0.2, 0.25) is 0 Å². The van der Waals surface area contributed by atoms with Crippen molar-refractivity contribution in [2.24, 2.45) is 0 Å². The molecule has 0 bridgehead atoms. The molecule has 4 atom stereocenters. The molecule has 0 aromatic rings.